The first kappa shape index (κ1) is 11.3. The third kappa shape index (κ3) is 2.51. The maximum absolute atomic E-state index is 10.8. The Bertz CT molecular complexity index is 621. The Morgan fingerprint density at radius 2 is 2.19 bits per heavy atom. The molecule has 5 nitrogen and oxygen atoms in total. The van der Waals surface area contributed by atoms with Gasteiger partial charge in [-0.15, -0.1) is 5.10 Å². The van der Waals surface area contributed by atoms with Crippen molar-refractivity contribution in [1.29, 1.82) is 0 Å². The van der Waals surface area contributed by atoms with Crippen molar-refractivity contribution in [2.24, 2.45) is 7.05 Å². The number of nitrogens with zero attached hydrogens (tertiary/aromatic N) is 3. The lowest BCUT2D eigenvalue weighted by molar-refractivity contribution is 0.609. The normalized spacial score (nSPS) is 12.1. The van der Waals surface area contributed by atoms with Gasteiger partial charge in [0.15, 0.2) is 0 Å². The molecule has 86 valence electrons. The molecule has 0 aliphatic rings. The number of aromatic nitrogens is 3. The first-order valence-corrected chi connectivity index (χ1v) is 7.14. The van der Waals surface area contributed by atoms with Crippen LogP contribution in [0, 0.1) is 0 Å². The van der Waals surface area contributed by atoms with Crippen LogP contribution in [0.4, 0.5) is 0 Å². The minimum atomic E-state index is -3.44. The molecule has 0 amide bonds. The molecule has 16 heavy (non-hydrogen) atoms. The molecule has 7 heteroatoms. The lowest BCUT2D eigenvalue weighted by Gasteiger charge is -1.99. The minimum Gasteiger partial charge on any atom is -0.248 e. The molecule has 0 saturated heterocycles. The fourth-order valence-electron chi connectivity index (χ4n) is 1.47. The molecule has 0 bridgehead atoms. The van der Waals surface area contributed by atoms with Crippen LogP contribution in [0.25, 0.3) is 11.0 Å². The second-order valence-electron chi connectivity index (χ2n) is 3.53. The number of hydrogen-bond donors (Lipinski definition) is 0. The van der Waals surface area contributed by atoms with Gasteiger partial charge in [0.2, 0.25) is 9.05 Å². The van der Waals surface area contributed by atoms with E-state index in [0.717, 1.165) is 16.6 Å². The van der Waals surface area contributed by atoms with E-state index >= 15 is 0 Å². The molecular formula is C9H10ClN3O2S. The number of rotatable bonds is 3. The first-order valence-electron chi connectivity index (χ1n) is 4.66. The van der Waals surface area contributed by atoms with Gasteiger partial charge < -0.3 is 0 Å². The Labute approximate surface area is 97.4 Å². The zero-order valence-corrected chi connectivity index (χ0v) is 10.2. The van der Waals surface area contributed by atoms with E-state index in [1.54, 1.807) is 11.7 Å². The van der Waals surface area contributed by atoms with E-state index in [-0.39, 0.29) is 5.75 Å². The molecule has 2 rings (SSSR count). The third-order valence-electron chi connectivity index (χ3n) is 2.31. The highest BCUT2D eigenvalue weighted by Gasteiger charge is 2.07. The van der Waals surface area contributed by atoms with Gasteiger partial charge in [-0.2, -0.15) is 0 Å². The molecule has 0 radical (unpaired) electrons. The minimum absolute atomic E-state index is 0.0641. The van der Waals surface area contributed by atoms with Gasteiger partial charge in [0, 0.05) is 17.7 Å². The van der Waals surface area contributed by atoms with Crippen molar-refractivity contribution in [1.82, 2.24) is 15.0 Å². The fourth-order valence-corrected chi connectivity index (χ4v) is 2.18. The Hall–Kier alpha value is -1.14. The van der Waals surface area contributed by atoms with E-state index in [4.69, 9.17) is 10.7 Å². The number of benzene rings is 1. The second-order valence-corrected chi connectivity index (χ2v) is 6.43. The molecule has 0 fully saturated rings. The predicted octanol–water partition coefficient (Wildman–Crippen LogP) is 1.08. The lowest BCUT2D eigenvalue weighted by Crippen LogP contribution is -2.01. The highest BCUT2D eigenvalue weighted by molar-refractivity contribution is 8.13. The van der Waals surface area contributed by atoms with Crippen molar-refractivity contribution >= 4 is 30.8 Å². The first-order chi connectivity index (χ1) is 7.46. The summed E-state index contributed by atoms with van der Waals surface area (Å²) in [6.07, 6.45) is 0.396. The number of hydrogen-bond acceptors (Lipinski definition) is 4. The van der Waals surface area contributed by atoms with Crippen LogP contribution >= 0.6 is 10.7 Å². The highest BCUT2D eigenvalue weighted by atomic mass is 35.7. The predicted molar refractivity (Wildman–Crippen MR) is 61.9 cm³/mol. The standard InChI is InChI=1S/C9H10ClN3O2S/c1-13-9-6-7(4-5-16(10,14)15)2-3-8(9)11-12-13/h2-3,6H,4-5H2,1H3. The van der Waals surface area contributed by atoms with Crippen molar-refractivity contribution in [3.05, 3.63) is 23.8 Å². The van der Waals surface area contributed by atoms with Gasteiger partial charge in [0.25, 0.3) is 0 Å². The number of halogens is 1. The van der Waals surface area contributed by atoms with E-state index in [1.807, 2.05) is 18.2 Å². The van der Waals surface area contributed by atoms with Crippen LogP contribution in [0.2, 0.25) is 0 Å². The molecule has 0 aliphatic heterocycles. The van der Waals surface area contributed by atoms with Gasteiger partial charge >= 0.3 is 0 Å². The van der Waals surface area contributed by atoms with E-state index in [0.29, 0.717) is 6.42 Å². The summed E-state index contributed by atoms with van der Waals surface area (Å²) in [4.78, 5) is 0. The van der Waals surface area contributed by atoms with Crippen LogP contribution in [0.3, 0.4) is 0 Å². The number of aryl methyl sites for hydroxylation is 2. The Morgan fingerprint density at radius 1 is 1.44 bits per heavy atom. The summed E-state index contributed by atoms with van der Waals surface area (Å²) in [5.74, 6) is -0.0641. The molecule has 0 atom stereocenters. The van der Waals surface area contributed by atoms with Gasteiger partial charge in [-0.05, 0) is 24.1 Å². The topological polar surface area (TPSA) is 64.8 Å². The van der Waals surface area contributed by atoms with Crippen LogP contribution in [0.15, 0.2) is 18.2 Å². The van der Waals surface area contributed by atoms with Gasteiger partial charge in [-0.1, -0.05) is 11.3 Å². The monoisotopic (exact) mass is 259 g/mol. The molecule has 1 aromatic carbocycles. The van der Waals surface area contributed by atoms with Crippen molar-refractivity contribution in [2.75, 3.05) is 5.75 Å². The quantitative estimate of drug-likeness (QED) is 0.774. The van der Waals surface area contributed by atoms with Gasteiger partial charge in [0.05, 0.1) is 11.3 Å². The maximum atomic E-state index is 10.8. The molecule has 1 heterocycles. The molecular weight excluding hydrogens is 250 g/mol. The van der Waals surface area contributed by atoms with Crippen LogP contribution in [0.1, 0.15) is 5.56 Å². The summed E-state index contributed by atoms with van der Waals surface area (Å²) in [6, 6.07) is 5.52. The van der Waals surface area contributed by atoms with Gasteiger partial charge in [-0.3, -0.25) is 0 Å². The largest absolute Gasteiger partial charge is 0.248 e. The smallest absolute Gasteiger partial charge is 0.232 e. The van der Waals surface area contributed by atoms with E-state index in [9.17, 15) is 8.42 Å². The molecule has 0 N–H and O–H groups in total. The van der Waals surface area contributed by atoms with Crippen molar-refractivity contribution in [3.63, 3.8) is 0 Å². The van der Waals surface area contributed by atoms with Crippen LogP contribution in [-0.2, 0) is 22.5 Å². The van der Waals surface area contributed by atoms with Crippen LogP contribution in [-0.4, -0.2) is 29.2 Å². The summed E-state index contributed by atoms with van der Waals surface area (Å²) >= 11 is 0. The molecule has 0 spiro atoms. The zero-order chi connectivity index (χ0) is 11.8. The van der Waals surface area contributed by atoms with E-state index in [1.165, 1.54) is 0 Å². The zero-order valence-electron chi connectivity index (χ0n) is 8.59. The van der Waals surface area contributed by atoms with Gasteiger partial charge in [0.1, 0.15) is 5.52 Å². The van der Waals surface area contributed by atoms with Gasteiger partial charge in [-0.25, -0.2) is 13.1 Å². The Morgan fingerprint density at radius 3 is 2.88 bits per heavy atom. The molecule has 0 saturated carbocycles. The van der Waals surface area contributed by atoms with Crippen molar-refractivity contribution < 1.29 is 8.42 Å². The number of fused-ring (bicyclic) bond motifs is 1. The average molecular weight is 260 g/mol. The van der Waals surface area contributed by atoms with Crippen LogP contribution in [0.5, 0.6) is 0 Å². The summed E-state index contributed by atoms with van der Waals surface area (Å²) in [6.45, 7) is 0. The third-order valence-corrected chi connectivity index (χ3v) is 3.46. The summed E-state index contributed by atoms with van der Waals surface area (Å²) in [7, 11) is 3.50. The molecule has 0 aliphatic carbocycles. The van der Waals surface area contributed by atoms with Crippen molar-refractivity contribution in [2.45, 2.75) is 6.42 Å². The molecule has 0 unspecified atom stereocenters. The second kappa shape index (κ2) is 4.03. The van der Waals surface area contributed by atoms with Crippen LogP contribution < -0.4 is 0 Å². The summed E-state index contributed by atoms with van der Waals surface area (Å²) < 4.78 is 23.3. The lowest BCUT2D eigenvalue weighted by atomic mass is 10.1. The van der Waals surface area contributed by atoms with Crippen molar-refractivity contribution in [3.8, 4) is 0 Å². The SMILES string of the molecule is Cn1nnc2ccc(CCS(=O)(=O)Cl)cc21. The Kier molecular flexibility index (Phi) is 2.86. The Balaban J connectivity index is 2.29. The average Bonchev–Trinajstić information content (AvgIpc) is 2.56. The summed E-state index contributed by atoms with van der Waals surface area (Å²) in [5, 5.41) is 7.80. The highest BCUT2D eigenvalue weighted by Crippen LogP contribution is 2.14. The maximum Gasteiger partial charge on any atom is 0.232 e. The van der Waals surface area contributed by atoms with E-state index in [2.05, 4.69) is 10.3 Å². The fraction of sp³-hybridized carbons (Fsp3) is 0.333. The van der Waals surface area contributed by atoms with E-state index < -0.39 is 9.05 Å². The molecule has 2 aromatic rings. The summed E-state index contributed by atoms with van der Waals surface area (Å²) in [5.41, 5.74) is 2.58. The molecule has 1 aromatic heterocycles.